The van der Waals surface area contributed by atoms with E-state index in [1.165, 1.54) is 12.1 Å². The van der Waals surface area contributed by atoms with E-state index in [9.17, 15) is 22.4 Å². The van der Waals surface area contributed by atoms with Gasteiger partial charge < -0.3 is 9.64 Å². The predicted molar refractivity (Wildman–Crippen MR) is 131 cm³/mol. The van der Waals surface area contributed by atoms with E-state index in [1.807, 2.05) is 31.2 Å². The number of hydrogen-bond acceptors (Lipinski definition) is 5. The fraction of sp³-hybridized carbons (Fsp3) is 0.167. The molecule has 3 aromatic carbocycles. The number of anilines is 2. The van der Waals surface area contributed by atoms with Crippen LogP contribution in [0.5, 0.6) is 0 Å². The number of nitrogens with zero attached hydrogens (tertiary/aromatic N) is 1. The van der Waals surface area contributed by atoms with Gasteiger partial charge in [-0.3, -0.25) is 9.52 Å². The van der Waals surface area contributed by atoms with Gasteiger partial charge in [-0.25, -0.2) is 17.6 Å². The molecule has 0 saturated heterocycles. The Balaban J connectivity index is 1.52. The van der Waals surface area contributed by atoms with Crippen LogP contribution in [0, 0.1) is 5.82 Å². The lowest BCUT2D eigenvalue weighted by Gasteiger charge is -2.22. The van der Waals surface area contributed by atoms with Crippen molar-refractivity contribution >= 4 is 56.5 Å². The molecule has 1 aliphatic rings. The van der Waals surface area contributed by atoms with Gasteiger partial charge in [0.1, 0.15) is 10.7 Å². The van der Waals surface area contributed by atoms with Gasteiger partial charge >= 0.3 is 5.97 Å². The van der Waals surface area contributed by atoms with Gasteiger partial charge in [0.15, 0.2) is 6.61 Å². The number of nitrogens with one attached hydrogen (secondary N) is 1. The van der Waals surface area contributed by atoms with Gasteiger partial charge in [0, 0.05) is 17.4 Å². The van der Waals surface area contributed by atoms with E-state index in [0.717, 1.165) is 35.5 Å². The summed E-state index contributed by atoms with van der Waals surface area (Å²) in [5.41, 5.74) is 1.58. The molecule has 7 nitrogen and oxygen atoms in total. The molecule has 1 amide bonds. The molecule has 1 N–H and O–H groups in total. The molecule has 1 heterocycles. The molecule has 1 aliphatic heterocycles. The number of carbonyl (C=O) groups excluding carboxylic acids is 2. The van der Waals surface area contributed by atoms with Crippen LogP contribution in [0.25, 0.3) is 0 Å². The number of ether oxygens (including phenoxy) is 1. The number of carbonyl (C=O) groups is 2. The Bertz CT molecular complexity index is 1410. The first-order valence-electron chi connectivity index (χ1n) is 10.4. The topological polar surface area (TPSA) is 92.8 Å². The smallest absolute Gasteiger partial charge is 0.340 e. The predicted octanol–water partition coefficient (Wildman–Crippen LogP) is 5.07. The quantitative estimate of drug-likeness (QED) is 0.444. The van der Waals surface area contributed by atoms with Crippen LogP contribution >= 0.6 is 23.2 Å². The van der Waals surface area contributed by atoms with E-state index in [-0.39, 0.29) is 27.3 Å². The fourth-order valence-corrected chi connectivity index (χ4v) is 5.75. The molecular weight excluding hydrogens is 518 g/mol. The number of sulfonamides is 1. The summed E-state index contributed by atoms with van der Waals surface area (Å²) in [5.74, 6) is -1.95. The summed E-state index contributed by atoms with van der Waals surface area (Å²) in [7, 11) is -4.26. The van der Waals surface area contributed by atoms with Crippen molar-refractivity contribution in [3.8, 4) is 0 Å². The molecule has 0 aliphatic carbocycles. The summed E-state index contributed by atoms with van der Waals surface area (Å²) in [5, 5.41) is -0.382. The highest BCUT2D eigenvalue weighted by atomic mass is 35.5. The molecule has 1 atom stereocenters. The highest BCUT2D eigenvalue weighted by molar-refractivity contribution is 7.92. The van der Waals surface area contributed by atoms with Crippen LogP contribution in [0.2, 0.25) is 10.0 Å². The van der Waals surface area contributed by atoms with Crippen molar-refractivity contribution in [1.82, 2.24) is 0 Å². The lowest BCUT2D eigenvalue weighted by atomic mass is 10.1. The van der Waals surface area contributed by atoms with Crippen LogP contribution in [-0.4, -0.2) is 32.9 Å². The van der Waals surface area contributed by atoms with Crippen LogP contribution in [0.4, 0.5) is 15.8 Å². The molecular formula is C24H19Cl2FN2O5S. The third kappa shape index (κ3) is 5.27. The van der Waals surface area contributed by atoms with Crippen molar-refractivity contribution in [3.05, 3.63) is 87.7 Å². The van der Waals surface area contributed by atoms with Crippen LogP contribution < -0.4 is 9.62 Å². The molecule has 0 saturated carbocycles. The molecule has 0 radical (unpaired) electrons. The second kappa shape index (κ2) is 9.85. The summed E-state index contributed by atoms with van der Waals surface area (Å²) in [6.07, 6.45) is 0.682. The molecule has 0 fully saturated rings. The van der Waals surface area contributed by atoms with Crippen molar-refractivity contribution in [2.45, 2.75) is 24.3 Å². The first-order chi connectivity index (χ1) is 16.6. The number of rotatable bonds is 6. The van der Waals surface area contributed by atoms with E-state index in [1.54, 1.807) is 4.90 Å². The molecule has 0 bridgehead atoms. The Hall–Kier alpha value is -3.14. The molecule has 4 rings (SSSR count). The van der Waals surface area contributed by atoms with Gasteiger partial charge in [0.2, 0.25) is 0 Å². The molecule has 0 spiro atoms. The highest BCUT2D eigenvalue weighted by Crippen LogP contribution is 2.33. The van der Waals surface area contributed by atoms with Gasteiger partial charge in [-0.1, -0.05) is 41.4 Å². The lowest BCUT2D eigenvalue weighted by Crippen LogP contribution is -2.38. The van der Waals surface area contributed by atoms with Crippen molar-refractivity contribution in [3.63, 3.8) is 0 Å². The summed E-state index contributed by atoms with van der Waals surface area (Å²) in [6, 6.07) is 14.0. The summed E-state index contributed by atoms with van der Waals surface area (Å²) >= 11 is 12.2. The first-order valence-corrected chi connectivity index (χ1v) is 12.7. The highest BCUT2D eigenvalue weighted by Gasteiger charge is 2.31. The maximum Gasteiger partial charge on any atom is 0.340 e. The van der Waals surface area contributed by atoms with Crippen molar-refractivity contribution < 1.29 is 27.1 Å². The van der Waals surface area contributed by atoms with Crippen LogP contribution in [0.15, 0.2) is 65.6 Å². The lowest BCUT2D eigenvalue weighted by molar-refractivity contribution is -0.122. The Morgan fingerprint density at radius 1 is 1.09 bits per heavy atom. The fourth-order valence-electron chi connectivity index (χ4n) is 3.84. The normalized spacial score (nSPS) is 15.0. The number of para-hydroxylation sites is 1. The van der Waals surface area contributed by atoms with Gasteiger partial charge in [-0.2, -0.15) is 0 Å². The minimum absolute atomic E-state index is 0.0900. The monoisotopic (exact) mass is 536 g/mol. The summed E-state index contributed by atoms with van der Waals surface area (Å²) in [6.45, 7) is 1.33. The Kier molecular flexibility index (Phi) is 7.02. The van der Waals surface area contributed by atoms with Gasteiger partial charge in [-0.05, 0) is 61.4 Å². The van der Waals surface area contributed by atoms with Crippen LogP contribution in [-0.2, 0) is 26.0 Å². The van der Waals surface area contributed by atoms with Crippen molar-refractivity contribution in [2.24, 2.45) is 0 Å². The van der Waals surface area contributed by atoms with Crippen LogP contribution in [0.3, 0.4) is 0 Å². The zero-order chi connectivity index (χ0) is 25.3. The zero-order valence-electron chi connectivity index (χ0n) is 18.3. The molecule has 0 aromatic heterocycles. The van der Waals surface area contributed by atoms with Crippen molar-refractivity contribution in [2.75, 3.05) is 16.2 Å². The number of hydrogen-bond donors (Lipinski definition) is 1. The Morgan fingerprint density at radius 2 is 1.77 bits per heavy atom. The third-order valence-electron chi connectivity index (χ3n) is 5.43. The average Bonchev–Trinajstić information content (AvgIpc) is 3.14. The Labute approximate surface area is 211 Å². The van der Waals surface area contributed by atoms with E-state index in [0.29, 0.717) is 6.42 Å². The summed E-state index contributed by atoms with van der Waals surface area (Å²) in [4.78, 5) is 26.7. The number of benzene rings is 3. The SMILES string of the molecule is CC1Cc2ccccc2N1C(=O)COC(=O)c1cc(S(=O)(=O)Nc2ccc(F)cc2)c(Cl)cc1Cl. The molecule has 182 valence electrons. The standard InChI is InChI=1S/C24H19Cl2FN2O5S/c1-14-10-15-4-2-3-5-21(15)29(14)23(30)13-34-24(31)18-11-22(20(26)12-19(18)25)35(32,33)28-17-8-6-16(27)7-9-17/h2-9,11-12,14,28H,10,13H2,1H3. The minimum Gasteiger partial charge on any atom is -0.452 e. The third-order valence-corrected chi connectivity index (χ3v) is 7.59. The maximum atomic E-state index is 13.1. The van der Waals surface area contributed by atoms with E-state index in [2.05, 4.69) is 4.72 Å². The van der Waals surface area contributed by atoms with E-state index < -0.39 is 39.2 Å². The average molecular weight is 537 g/mol. The Morgan fingerprint density at radius 3 is 2.49 bits per heavy atom. The van der Waals surface area contributed by atoms with E-state index in [4.69, 9.17) is 27.9 Å². The summed E-state index contributed by atoms with van der Waals surface area (Å²) < 4.78 is 46.2. The minimum atomic E-state index is -4.26. The second-order valence-electron chi connectivity index (χ2n) is 7.90. The number of fused-ring (bicyclic) bond motifs is 1. The van der Waals surface area contributed by atoms with Gasteiger partial charge in [0.05, 0.1) is 15.6 Å². The second-order valence-corrected chi connectivity index (χ2v) is 10.4. The number of esters is 1. The van der Waals surface area contributed by atoms with Gasteiger partial charge in [-0.15, -0.1) is 0 Å². The molecule has 3 aromatic rings. The van der Waals surface area contributed by atoms with E-state index >= 15 is 0 Å². The molecule has 35 heavy (non-hydrogen) atoms. The first kappa shape index (κ1) is 25.0. The van der Waals surface area contributed by atoms with Crippen LogP contribution in [0.1, 0.15) is 22.8 Å². The maximum absolute atomic E-state index is 13.1. The number of halogens is 3. The molecule has 1 unspecified atom stereocenters. The van der Waals surface area contributed by atoms with Gasteiger partial charge in [0.25, 0.3) is 15.9 Å². The largest absolute Gasteiger partial charge is 0.452 e. The molecule has 11 heteroatoms. The zero-order valence-corrected chi connectivity index (χ0v) is 20.6. The van der Waals surface area contributed by atoms with Crippen molar-refractivity contribution in [1.29, 1.82) is 0 Å². The number of amides is 1.